The molecule has 0 saturated carbocycles. The number of aliphatic hydroxyl groups is 1. The van der Waals surface area contributed by atoms with Gasteiger partial charge in [0, 0.05) is 11.6 Å². The fraction of sp³-hybridized carbons (Fsp3) is 0.250. The fourth-order valence-corrected chi connectivity index (χ4v) is 1.26. The van der Waals surface area contributed by atoms with Crippen molar-refractivity contribution < 1.29 is 5.11 Å². The second-order valence-electron chi connectivity index (χ2n) is 2.40. The summed E-state index contributed by atoms with van der Waals surface area (Å²) in [5.74, 6) is 0. The summed E-state index contributed by atoms with van der Waals surface area (Å²) in [6.45, 7) is 0.525. The van der Waals surface area contributed by atoms with Crippen molar-refractivity contribution in [1.82, 2.24) is 5.43 Å². The molecule has 0 saturated heterocycles. The van der Waals surface area contributed by atoms with Crippen LogP contribution < -0.4 is 10.9 Å². The van der Waals surface area contributed by atoms with Gasteiger partial charge < -0.3 is 10.5 Å². The Kier molecular flexibility index (Phi) is 4.32. The zero-order valence-corrected chi connectivity index (χ0v) is 8.36. The van der Waals surface area contributed by atoms with Crippen molar-refractivity contribution in [2.75, 3.05) is 18.6 Å². The molecule has 0 aliphatic carbocycles. The van der Waals surface area contributed by atoms with Gasteiger partial charge in [0.1, 0.15) is 0 Å². The summed E-state index contributed by atoms with van der Waals surface area (Å²) in [5.41, 5.74) is 6.36. The first-order valence-corrected chi connectivity index (χ1v) is 4.54. The Labute approximate surface area is 86.6 Å². The molecule has 0 aromatic heterocycles. The normalized spacial score (nSPS) is 10.1. The number of hydrazine groups is 1. The highest BCUT2D eigenvalue weighted by atomic mass is 35.5. The molecule has 0 bridgehead atoms. The quantitative estimate of drug-likeness (QED) is 0.537. The molecule has 0 atom stereocenters. The van der Waals surface area contributed by atoms with Crippen LogP contribution in [0.25, 0.3) is 0 Å². The summed E-state index contributed by atoms with van der Waals surface area (Å²) in [7, 11) is 0. The third-order valence-corrected chi connectivity index (χ3v) is 1.94. The molecule has 0 spiro atoms. The Hall–Kier alpha value is -0.480. The molecule has 5 heteroatoms. The largest absolute Gasteiger partial charge is 0.395 e. The summed E-state index contributed by atoms with van der Waals surface area (Å²) in [5, 5.41) is 9.64. The lowest BCUT2D eigenvalue weighted by Gasteiger charge is -2.08. The molecule has 0 aliphatic rings. The van der Waals surface area contributed by atoms with Gasteiger partial charge in [-0.25, -0.2) is 5.43 Å². The summed E-state index contributed by atoms with van der Waals surface area (Å²) < 4.78 is 0. The van der Waals surface area contributed by atoms with Crippen molar-refractivity contribution in [2.24, 2.45) is 0 Å². The van der Waals surface area contributed by atoms with Crippen LogP contribution in [-0.2, 0) is 0 Å². The smallest absolute Gasteiger partial charge is 0.0675 e. The highest BCUT2D eigenvalue weighted by Crippen LogP contribution is 2.24. The van der Waals surface area contributed by atoms with Gasteiger partial charge in [0.15, 0.2) is 0 Å². The van der Waals surface area contributed by atoms with E-state index in [2.05, 4.69) is 10.9 Å². The average molecular weight is 221 g/mol. The van der Waals surface area contributed by atoms with E-state index >= 15 is 0 Å². The van der Waals surface area contributed by atoms with E-state index in [-0.39, 0.29) is 6.61 Å². The van der Waals surface area contributed by atoms with Gasteiger partial charge in [-0.05, 0) is 18.2 Å². The van der Waals surface area contributed by atoms with Crippen molar-refractivity contribution in [3.05, 3.63) is 28.2 Å². The molecular weight excluding hydrogens is 211 g/mol. The van der Waals surface area contributed by atoms with Gasteiger partial charge in [-0.2, -0.15) is 0 Å². The van der Waals surface area contributed by atoms with E-state index in [1.165, 1.54) is 0 Å². The SMILES string of the molecule is OCCNNc1ccc(Cl)cc1Cl. The van der Waals surface area contributed by atoms with Gasteiger partial charge in [0.05, 0.1) is 17.3 Å². The first kappa shape index (κ1) is 10.6. The van der Waals surface area contributed by atoms with Crippen molar-refractivity contribution in [1.29, 1.82) is 0 Å². The Morgan fingerprint density at radius 3 is 2.69 bits per heavy atom. The summed E-state index contributed by atoms with van der Waals surface area (Å²) in [6.07, 6.45) is 0. The number of halogens is 2. The molecule has 3 nitrogen and oxygen atoms in total. The number of anilines is 1. The molecular formula is C8H10Cl2N2O. The van der Waals surface area contributed by atoms with Gasteiger partial charge in [-0.3, -0.25) is 0 Å². The fourth-order valence-electron chi connectivity index (χ4n) is 0.804. The molecule has 0 heterocycles. The summed E-state index contributed by atoms with van der Waals surface area (Å²) >= 11 is 11.6. The van der Waals surface area contributed by atoms with Crippen LogP contribution in [0.5, 0.6) is 0 Å². The number of nitrogens with one attached hydrogen (secondary N) is 2. The first-order valence-electron chi connectivity index (χ1n) is 3.79. The van der Waals surface area contributed by atoms with Crippen LogP contribution in [0.1, 0.15) is 0 Å². The lowest BCUT2D eigenvalue weighted by Crippen LogP contribution is -2.24. The lowest BCUT2D eigenvalue weighted by atomic mass is 10.3. The van der Waals surface area contributed by atoms with Crippen molar-refractivity contribution in [3.63, 3.8) is 0 Å². The number of aliphatic hydroxyl groups excluding tert-OH is 1. The molecule has 3 N–H and O–H groups in total. The van der Waals surface area contributed by atoms with Crippen molar-refractivity contribution in [3.8, 4) is 0 Å². The van der Waals surface area contributed by atoms with Crippen LogP contribution in [0.2, 0.25) is 10.0 Å². The maximum absolute atomic E-state index is 8.50. The van der Waals surface area contributed by atoms with Crippen LogP contribution in [0, 0.1) is 0 Å². The van der Waals surface area contributed by atoms with Crippen molar-refractivity contribution >= 4 is 28.9 Å². The molecule has 1 rings (SSSR count). The third kappa shape index (κ3) is 3.40. The summed E-state index contributed by atoms with van der Waals surface area (Å²) in [6, 6.07) is 5.14. The maximum Gasteiger partial charge on any atom is 0.0675 e. The minimum atomic E-state index is 0.0677. The number of hydrogen-bond acceptors (Lipinski definition) is 3. The van der Waals surface area contributed by atoms with Gasteiger partial charge in [0.25, 0.3) is 0 Å². The molecule has 1 aromatic carbocycles. The molecule has 72 valence electrons. The van der Waals surface area contributed by atoms with Crippen molar-refractivity contribution in [2.45, 2.75) is 0 Å². The molecule has 0 amide bonds. The van der Waals surface area contributed by atoms with E-state index in [0.29, 0.717) is 16.6 Å². The third-order valence-electron chi connectivity index (χ3n) is 1.39. The highest BCUT2D eigenvalue weighted by molar-refractivity contribution is 6.36. The van der Waals surface area contributed by atoms with Crippen LogP contribution in [0.4, 0.5) is 5.69 Å². The van der Waals surface area contributed by atoms with E-state index in [9.17, 15) is 0 Å². The lowest BCUT2D eigenvalue weighted by molar-refractivity contribution is 0.296. The predicted molar refractivity (Wildman–Crippen MR) is 55.2 cm³/mol. The number of hydrogen-bond donors (Lipinski definition) is 3. The molecule has 1 aromatic rings. The number of benzene rings is 1. The average Bonchev–Trinajstić information content (AvgIpc) is 2.09. The monoisotopic (exact) mass is 220 g/mol. The predicted octanol–water partition coefficient (Wildman–Crippen LogP) is 1.90. The van der Waals surface area contributed by atoms with E-state index in [1.54, 1.807) is 18.2 Å². The Balaban J connectivity index is 2.56. The molecule has 0 radical (unpaired) electrons. The minimum Gasteiger partial charge on any atom is -0.395 e. The van der Waals surface area contributed by atoms with Gasteiger partial charge in [0.2, 0.25) is 0 Å². The number of rotatable bonds is 4. The van der Waals surface area contributed by atoms with E-state index in [1.807, 2.05) is 0 Å². The maximum atomic E-state index is 8.50. The molecule has 0 aliphatic heterocycles. The molecule has 0 fully saturated rings. The first-order chi connectivity index (χ1) is 6.24. The van der Waals surface area contributed by atoms with E-state index in [4.69, 9.17) is 28.3 Å². The van der Waals surface area contributed by atoms with Gasteiger partial charge >= 0.3 is 0 Å². The summed E-state index contributed by atoms with van der Waals surface area (Å²) in [4.78, 5) is 0. The van der Waals surface area contributed by atoms with Crippen LogP contribution in [0.3, 0.4) is 0 Å². The Morgan fingerprint density at radius 1 is 1.31 bits per heavy atom. The van der Waals surface area contributed by atoms with Gasteiger partial charge in [-0.15, -0.1) is 0 Å². The Morgan fingerprint density at radius 2 is 2.08 bits per heavy atom. The zero-order valence-electron chi connectivity index (χ0n) is 6.85. The van der Waals surface area contributed by atoms with E-state index in [0.717, 1.165) is 5.69 Å². The van der Waals surface area contributed by atoms with Crippen LogP contribution in [-0.4, -0.2) is 18.3 Å². The standard InChI is InChI=1S/C8H10Cl2N2O/c9-6-1-2-8(7(10)5-6)12-11-3-4-13/h1-2,5,11-13H,3-4H2. The zero-order chi connectivity index (χ0) is 9.68. The molecule has 0 unspecified atom stereocenters. The van der Waals surface area contributed by atoms with Gasteiger partial charge in [-0.1, -0.05) is 23.2 Å². The minimum absolute atomic E-state index is 0.0677. The topological polar surface area (TPSA) is 44.3 Å². The van der Waals surface area contributed by atoms with E-state index < -0.39 is 0 Å². The Bertz CT molecular complexity index is 281. The van der Waals surface area contributed by atoms with Crippen LogP contribution >= 0.6 is 23.2 Å². The van der Waals surface area contributed by atoms with Crippen LogP contribution in [0.15, 0.2) is 18.2 Å². The highest BCUT2D eigenvalue weighted by Gasteiger charge is 1.98. The second kappa shape index (κ2) is 5.29. The second-order valence-corrected chi connectivity index (χ2v) is 3.24. The molecule has 13 heavy (non-hydrogen) atoms.